The van der Waals surface area contributed by atoms with Crippen LogP contribution >= 0.6 is 0 Å². The van der Waals surface area contributed by atoms with Crippen molar-refractivity contribution in [3.8, 4) is 11.5 Å². The van der Waals surface area contributed by atoms with Crippen molar-refractivity contribution in [2.75, 3.05) is 19.7 Å². The summed E-state index contributed by atoms with van der Waals surface area (Å²) in [7, 11) is 0. The lowest BCUT2D eigenvalue weighted by molar-refractivity contribution is 0.238. The van der Waals surface area contributed by atoms with Gasteiger partial charge in [-0.2, -0.15) is 0 Å². The van der Waals surface area contributed by atoms with Gasteiger partial charge in [0.05, 0.1) is 6.54 Å². The van der Waals surface area contributed by atoms with Gasteiger partial charge in [-0.1, -0.05) is 25.1 Å². The first-order valence-electron chi connectivity index (χ1n) is 7.85. The first kappa shape index (κ1) is 17.0. The maximum atomic E-state index is 9.07. The molecule has 0 fully saturated rings. The van der Waals surface area contributed by atoms with Gasteiger partial charge in [0.2, 0.25) is 5.89 Å². The van der Waals surface area contributed by atoms with E-state index in [0.717, 1.165) is 17.8 Å². The van der Waals surface area contributed by atoms with Gasteiger partial charge in [-0.15, -0.1) is 0 Å². The van der Waals surface area contributed by atoms with E-state index >= 15 is 0 Å². The number of rotatable bonds is 7. The molecule has 0 saturated heterocycles. The van der Waals surface area contributed by atoms with E-state index in [1.54, 1.807) is 6.26 Å². The minimum Gasteiger partial charge on any atom is -0.444 e. The van der Waals surface area contributed by atoms with E-state index in [1.807, 2.05) is 44.2 Å². The Morgan fingerprint density at radius 3 is 2.78 bits per heavy atom. The topological polar surface area (TPSA) is 82.7 Å². The van der Waals surface area contributed by atoms with Gasteiger partial charge in [-0.3, -0.25) is 0 Å². The van der Waals surface area contributed by atoms with Crippen molar-refractivity contribution in [3.63, 3.8) is 0 Å². The summed E-state index contributed by atoms with van der Waals surface area (Å²) in [5.41, 5.74) is 1.72. The zero-order valence-corrected chi connectivity index (χ0v) is 13.6. The molecule has 0 spiro atoms. The van der Waals surface area contributed by atoms with Crippen LogP contribution in [-0.4, -0.2) is 35.7 Å². The zero-order valence-electron chi connectivity index (χ0n) is 13.6. The highest BCUT2D eigenvalue weighted by Crippen LogP contribution is 2.18. The minimum absolute atomic E-state index is 0.149. The van der Waals surface area contributed by atoms with Gasteiger partial charge in [-0.05, 0) is 25.0 Å². The maximum absolute atomic E-state index is 9.07. The molecule has 1 aromatic carbocycles. The number of nitrogens with one attached hydrogen (secondary N) is 2. The highest BCUT2D eigenvalue weighted by Gasteiger charge is 2.07. The molecule has 0 bridgehead atoms. The number of aliphatic hydroxyl groups is 1. The average molecular weight is 316 g/mol. The Hall–Kier alpha value is -2.34. The highest BCUT2D eigenvalue weighted by molar-refractivity contribution is 5.79. The molecule has 0 amide bonds. The molecule has 0 aliphatic rings. The van der Waals surface area contributed by atoms with Crippen LogP contribution in [0, 0.1) is 5.92 Å². The number of oxazole rings is 1. The summed E-state index contributed by atoms with van der Waals surface area (Å²) in [6, 6.07) is 9.78. The van der Waals surface area contributed by atoms with E-state index < -0.39 is 0 Å². The number of nitrogens with zero attached hydrogens (tertiary/aromatic N) is 2. The van der Waals surface area contributed by atoms with Crippen LogP contribution in [-0.2, 0) is 6.54 Å². The molecular weight excluding hydrogens is 292 g/mol. The molecule has 0 radical (unpaired) electrons. The molecule has 6 nitrogen and oxygen atoms in total. The number of aromatic nitrogens is 1. The molecule has 2 rings (SSSR count). The van der Waals surface area contributed by atoms with Gasteiger partial charge in [0.15, 0.2) is 5.96 Å². The molecule has 1 unspecified atom stereocenters. The lowest BCUT2D eigenvalue weighted by atomic mass is 10.2. The Labute approximate surface area is 136 Å². The molecular formula is C17H24N4O2. The summed E-state index contributed by atoms with van der Waals surface area (Å²) >= 11 is 0. The van der Waals surface area contributed by atoms with Crippen molar-refractivity contribution in [2.45, 2.75) is 20.4 Å². The van der Waals surface area contributed by atoms with Crippen LogP contribution in [0.2, 0.25) is 0 Å². The Morgan fingerprint density at radius 1 is 1.30 bits per heavy atom. The van der Waals surface area contributed by atoms with Crippen LogP contribution in [0.15, 0.2) is 46.0 Å². The predicted octanol–water partition coefficient (Wildman–Crippen LogP) is 2.03. The monoisotopic (exact) mass is 316 g/mol. The fourth-order valence-corrected chi connectivity index (χ4v) is 1.93. The molecule has 1 atom stereocenters. The van der Waals surface area contributed by atoms with E-state index in [-0.39, 0.29) is 12.5 Å². The molecule has 2 aromatic rings. The van der Waals surface area contributed by atoms with Crippen molar-refractivity contribution in [1.82, 2.24) is 15.6 Å². The molecule has 124 valence electrons. The normalized spacial score (nSPS) is 12.9. The Kier molecular flexibility index (Phi) is 6.62. The molecule has 23 heavy (non-hydrogen) atoms. The van der Waals surface area contributed by atoms with E-state index in [9.17, 15) is 0 Å². The molecule has 6 heteroatoms. The number of aliphatic hydroxyl groups excluding tert-OH is 1. The first-order chi connectivity index (χ1) is 11.2. The summed E-state index contributed by atoms with van der Waals surface area (Å²) in [4.78, 5) is 8.94. The number of hydrogen-bond acceptors (Lipinski definition) is 4. The number of aliphatic imine (C=N–C) groups is 1. The van der Waals surface area contributed by atoms with Crippen LogP contribution in [0.5, 0.6) is 0 Å². The largest absolute Gasteiger partial charge is 0.444 e. The SMILES string of the molecule is CCNC(=NCc1coc(-c2ccccc2)n1)NCC(C)CO. The van der Waals surface area contributed by atoms with Crippen molar-refractivity contribution < 1.29 is 9.52 Å². The second-order valence-corrected chi connectivity index (χ2v) is 5.37. The molecule has 0 aliphatic carbocycles. The lowest BCUT2D eigenvalue weighted by Crippen LogP contribution is -2.39. The van der Waals surface area contributed by atoms with Crippen LogP contribution in [0.25, 0.3) is 11.5 Å². The van der Waals surface area contributed by atoms with Gasteiger partial charge in [0.25, 0.3) is 0 Å². The average Bonchev–Trinajstić information content (AvgIpc) is 3.07. The van der Waals surface area contributed by atoms with Crippen molar-refractivity contribution in [1.29, 1.82) is 0 Å². The molecule has 1 aromatic heterocycles. The first-order valence-corrected chi connectivity index (χ1v) is 7.85. The van der Waals surface area contributed by atoms with Crippen molar-refractivity contribution >= 4 is 5.96 Å². The highest BCUT2D eigenvalue weighted by atomic mass is 16.3. The fourth-order valence-electron chi connectivity index (χ4n) is 1.93. The van der Waals surface area contributed by atoms with E-state index in [1.165, 1.54) is 0 Å². The fraction of sp³-hybridized carbons (Fsp3) is 0.412. The molecule has 3 N–H and O–H groups in total. The van der Waals surface area contributed by atoms with E-state index in [4.69, 9.17) is 9.52 Å². The summed E-state index contributed by atoms with van der Waals surface area (Å²) in [6.07, 6.45) is 1.63. The van der Waals surface area contributed by atoms with Crippen LogP contribution in [0.1, 0.15) is 19.5 Å². The van der Waals surface area contributed by atoms with Crippen LogP contribution < -0.4 is 10.6 Å². The third-order valence-corrected chi connectivity index (χ3v) is 3.25. The summed E-state index contributed by atoms with van der Waals surface area (Å²) in [6.45, 7) is 6.00. The maximum Gasteiger partial charge on any atom is 0.226 e. The van der Waals surface area contributed by atoms with Crippen LogP contribution in [0.3, 0.4) is 0 Å². The Bertz CT molecular complexity index is 610. The second-order valence-electron chi connectivity index (χ2n) is 5.37. The van der Waals surface area contributed by atoms with Gasteiger partial charge in [0.1, 0.15) is 12.0 Å². The second kappa shape index (κ2) is 8.95. The zero-order chi connectivity index (χ0) is 16.5. The predicted molar refractivity (Wildman–Crippen MR) is 91.0 cm³/mol. The van der Waals surface area contributed by atoms with E-state index in [2.05, 4.69) is 20.6 Å². The van der Waals surface area contributed by atoms with Gasteiger partial charge in [-0.25, -0.2) is 9.98 Å². The van der Waals surface area contributed by atoms with Gasteiger partial charge < -0.3 is 20.2 Å². The summed E-state index contributed by atoms with van der Waals surface area (Å²) in [5, 5.41) is 15.4. The molecule has 0 saturated carbocycles. The minimum atomic E-state index is 0.149. The van der Waals surface area contributed by atoms with Gasteiger partial charge >= 0.3 is 0 Å². The lowest BCUT2D eigenvalue weighted by Gasteiger charge is -2.13. The number of hydrogen-bond donors (Lipinski definition) is 3. The number of guanidine groups is 1. The summed E-state index contributed by atoms with van der Waals surface area (Å²) < 4.78 is 5.50. The quantitative estimate of drug-likeness (QED) is 0.538. The molecule has 0 aliphatic heterocycles. The van der Waals surface area contributed by atoms with Crippen molar-refractivity contribution in [2.24, 2.45) is 10.9 Å². The third kappa shape index (κ3) is 5.41. The Balaban J connectivity index is 1.97. The molecule has 1 heterocycles. The third-order valence-electron chi connectivity index (χ3n) is 3.25. The van der Waals surface area contributed by atoms with Gasteiger partial charge in [0, 0.05) is 25.3 Å². The Morgan fingerprint density at radius 2 is 2.09 bits per heavy atom. The van der Waals surface area contributed by atoms with E-state index in [0.29, 0.717) is 24.9 Å². The smallest absolute Gasteiger partial charge is 0.226 e. The number of benzene rings is 1. The van der Waals surface area contributed by atoms with Crippen molar-refractivity contribution in [3.05, 3.63) is 42.3 Å². The standard InChI is InChI=1S/C17H24N4O2/c1-3-18-17(19-9-13(2)11-22)20-10-15-12-23-16(21-15)14-7-5-4-6-8-14/h4-8,12-13,22H,3,9-11H2,1-2H3,(H2,18,19,20). The van der Waals surface area contributed by atoms with Crippen LogP contribution in [0.4, 0.5) is 0 Å². The summed E-state index contributed by atoms with van der Waals surface area (Å²) in [5.74, 6) is 1.48.